The summed E-state index contributed by atoms with van der Waals surface area (Å²) in [5.74, 6) is -1.79. The van der Waals surface area contributed by atoms with Crippen molar-refractivity contribution in [1.82, 2.24) is 0 Å². The molecule has 0 heterocycles. The minimum Gasteiger partial charge on any atom is -0.434 e. The Kier molecular flexibility index (Phi) is 5.72. The number of nitro groups is 1. The van der Waals surface area contributed by atoms with E-state index in [0.29, 0.717) is 0 Å². The summed E-state index contributed by atoms with van der Waals surface area (Å²) in [7, 11) is 0. The number of alkyl halides is 2. The third-order valence-electron chi connectivity index (χ3n) is 2.97. The van der Waals surface area contributed by atoms with Crippen molar-refractivity contribution in [3.8, 4) is 5.75 Å². The van der Waals surface area contributed by atoms with E-state index >= 15 is 0 Å². The molecule has 0 aromatic heterocycles. The summed E-state index contributed by atoms with van der Waals surface area (Å²) in [5, 5.41) is 12.8. The van der Waals surface area contributed by atoms with Crippen LogP contribution in [0.2, 0.25) is 0 Å². The van der Waals surface area contributed by atoms with Gasteiger partial charge in [0.05, 0.1) is 10.6 Å². The number of hydrogen-bond acceptors (Lipinski definition) is 4. The number of halogens is 3. The van der Waals surface area contributed by atoms with Gasteiger partial charge in [-0.2, -0.15) is 8.78 Å². The van der Waals surface area contributed by atoms with Gasteiger partial charge >= 0.3 is 6.61 Å². The topological polar surface area (TPSA) is 81.5 Å². The fourth-order valence-electron chi connectivity index (χ4n) is 1.88. The lowest BCUT2D eigenvalue weighted by Gasteiger charge is -2.07. The van der Waals surface area contributed by atoms with E-state index in [9.17, 15) is 28.1 Å². The van der Waals surface area contributed by atoms with Gasteiger partial charge in [0.1, 0.15) is 11.6 Å². The number of ether oxygens (including phenoxy) is 1. The first-order chi connectivity index (χ1) is 11.9. The highest BCUT2D eigenvalue weighted by molar-refractivity contribution is 6.02. The number of carbonyl (C=O) groups excluding carboxylic acids is 1. The number of amides is 1. The van der Waals surface area contributed by atoms with Gasteiger partial charge in [0.15, 0.2) is 0 Å². The van der Waals surface area contributed by atoms with E-state index in [2.05, 4.69) is 10.1 Å². The summed E-state index contributed by atoms with van der Waals surface area (Å²) in [6.45, 7) is -3.03. The van der Waals surface area contributed by atoms with Gasteiger partial charge in [-0.25, -0.2) is 4.39 Å². The highest BCUT2D eigenvalue weighted by atomic mass is 19.3. The van der Waals surface area contributed by atoms with Crippen LogP contribution in [0.1, 0.15) is 5.56 Å². The summed E-state index contributed by atoms with van der Waals surface area (Å²) in [6.07, 6.45) is 2.16. The van der Waals surface area contributed by atoms with E-state index in [1.165, 1.54) is 24.3 Å². The zero-order chi connectivity index (χ0) is 18.4. The van der Waals surface area contributed by atoms with E-state index in [1.54, 1.807) is 6.07 Å². The number of non-ortho nitro benzene ring substituents is 1. The molecule has 0 spiro atoms. The van der Waals surface area contributed by atoms with E-state index < -0.39 is 28.9 Å². The normalized spacial score (nSPS) is 10.9. The second-order valence-corrected chi connectivity index (χ2v) is 4.66. The fourth-order valence-corrected chi connectivity index (χ4v) is 1.88. The van der Waals surface area contributed by atoms with Crippen LogP contribution in [0.4, 0.5) is 24.5 Å². The standard InChI is InChI=1S/C16H11F3N2O4/c17-12-7-6-11(21(23)24)9-13(12)20-15(22)8-5-10-3-1-2-4-14(10)25-16(18)19/h1-9,16H,(H,20,22)/b8-5+. The van der Waals surface area contributed by atoms with Crippen LogP contribution in [0.3, 0.4) is 0 Å². The van der Waals surface area contributed by atoms with Gasteiger partial charge in [0.2, 0.25) is 5.91 Å². The molecule has 0 bridgehead atoms. The van der Waals surface area contributed by atoms with Crippen molar-refractivity contribution >= 4 is 23.4 Å². The number of hydrogen-bond donors (Lipinski definition) is 1. The molecule has 25 heavy (non-hydrogen) atoms. The first-order valence-electron chi connectivity index (χ1n) is 6.83. The van der Waals surface area contributed by atoms with E-state index in [1.807, 2.05) is 0 Å². The summed E-state index contributed by atoms with van der Waals surface area (Å²) < 4.78 is 42.5. The van der Waals surface area contributed by atoms with Crippen LogP contribution in [0.5, 0.6) is 5.75 Å². The third kappa shape index (κ3) is 5.06. The molecule has 0 aliphatic rings. The van der Waals surface area contributed by atoms with Crippen LogP contribution in [0, 0.1) is 15.9 Å². The van der Waals surface area contributed by atoms with Crippen LogP contribution < -0.4 is 10.1 Å². The Hall–Kier alpha value is -3.36. The molecule has 0 saturated heterocycles. The smallest absolute Gasteiger partial charge is 0.387 e. The monoisotopic (exact) mass is 352 g/mol. The van der Waals surface area contributed by atoms with Crippen LogP contribution in [0.25, 0.3) is 6.08 Å². The largest absolute Gasteiger partial charge is 0.434 e. The second kappa shape index (κ2) is 7.95. The molecule has 0 radical (unpaired) electrons. The van der Waals surface area contributed by atoms with Crippen molar-refractivity contribution in [2.45, 2.75) is 6.61 Å². The number of nitro benzene ring substituents is 1. The van der Waals surface area contributed by atoms with Crippen molar-refractivity contribution in [2.24, 2.45) is 0 Å². The minimum absolute atomic E-state index is 0.136. The SMILES string of the molecule is O=C(/C=C/c1ccccc1OC(F)F)Nc1cc([N+](=O)[O-])ccc1F. The average molecular weight is 352 g/mol. The quantitative estimate of drug-likeness (QED) is 0.484. The first kappa shape index (κ1) is 18.0. The number of anilines is 1. The molecule has 0 atom stereocenters. The highest BCUT2D eigenvalue weighted by Gasteiger charge is 2.12. The highest BCUT2D eigenvalue weighted by Crippen LogP contribution is 2.23. The number of benzene rings is 2. The predicted molar refractivity (Wildman–Crippen MR) is 83.8 cm³/mol. The maximum absolute atomic E-state index is 13.6. The molecule has 1 amide bonds. The molecule has 9 heteroatoms. The van der Waals surface area contributed by atoms with Crippen LogP contribution >= 0.6 is 0 Å². The zero-order valence-corrected chi connectivity index (χ0v) is 12.5. The van der Waals surface area contributed by atoms with Crippen LogP contribution in [0.15, 0.2) is 48.5 Å². The van der Waals surface area contributed by atoms with Crippen molar-refractivity contribution in [3.05, 3.63) is 70.0 Å². The lowest BCUT2D eigenvalue weighted by Crippen LogP contribution is -2.09. The van der Waals surface area contributed by atoms with Crippen molar-refractivity contribution < 1.29 is 27.6 Å². The molecule has 2 aromatic carbocycles. The van der Waals surface area contributed by atoms with E-state index in [0.717, 1.165) is 24.3 Å². The molecule has 0 fully saturated rings. The third-order valence-corrected chi connectivity index (χ3v) is 2.97. The molecule has 1 N–H and O–H groups in total. The van der Waals surface area contributed by atoms with E-state index in [4.69, 9.17) is 0 Å². The maximum Gasteiger partial charge on any atom is 0.387 e. The number of para-hydroxylation sites is 1. The zero-order valence-electron chi connectivity index (χ0n) is 12.5. The van der Waals surface area contributed by atoms with Gasteiger partial charge in [-0.3, -0.25) is 14.9 Å². The lowest BCUT2D eigenvalue weighted by atomic mass is 10.2. The number of carbonyl (C=O) groups is 1. The Morgan fingerprint density at radius 3 is 2.64 bits per heavy atom. The Bertz CT molecular complexity index is 825. The molecule has 0 unspecified atom stereocenters. The first-order valence-corrected chi connectivity index (χ1v) is 6.83. The van der Waals surface area contributed by atoms with Crippen LogP contribution in [-0.4, -0.2) is 17.4 Å². The van der Waals surface area contributed by atoms with Gasteiger partial charge in [0.25, 0.3) is 5.69 Å². The molecule has 0 saturated carbocycles. The maximum atomic E-state index is 13.6. The Morgan fingerprint density at radius 2 is 1.96 bits per heavy atom. The second-order valence-electron chi connectivity index (χ2n) is 4.66. The van der Waals surface area contributed by atoms with Gasteiger partial charge in [-0.1, -0.05) is 18.2 Å². The summed E-state index contributed by atoms with van der Waals surface area (Å²) in [6, 6.07) is 8.44. The molecule has 2 aromatic rings. The van der Waals surface area contributed by atoms with Gasteiger partial charge in [-0.05, 0) is 18.2 Å². The summed E-state index contributed by atoms with van der Waals surface area (Å²) in [4.78, 5) is 21.8. The Balaban J connectivity index is 2.14. The molecule has 130 valence electrons. The van der Waals surface area contributed by atoms with Gasteiger partial charge < -0.3 is 10.1 Å². The number of nitrogens with one attached hydrogen (secondary N) is 1. The van der Waals surface area contributed by atoms with Crippen molar-refractivity contribution in [2.75, 3.05) is 5.32 Å². The molecule has 2 rings (SSSR count). The Labute approximate surface area is 139 Å². The summed E-state index contributed by atoms with van der Waals surface area (Å²) >= 11 is 0. The number of nitrogens with zero attached hydrogens (tertiary/aromatic N) is 1. The van der Waals surface area contributed by atoms with Gasteiger partial charge in [0, 0.05) is 23.8 Å². The van der Waals surface area contributed by atoms with Crippen molar-refractivity contribution in [1.29, 1.82) is 0 Å². The molecule has 0 aliphatic heterocycles. The molecular formula is C16H11F3N2O4. The van der Waals surface area contributed by atoms with E-state index in [-0.39, 0.29) is 17.0 Å². The number of rotatable bonds is 6. The molecule has 0 aliphatic carbocycles. The predicted octanol–water partition coefficient (Wildman–Crippen LogP) is 3.99. The summed E-state index contributed by atoms with van der Waals surface area (Å²) in [5.41, 5.74) is -0.560. The van der Waals surface area contributed by atoms with Gasteiger partial charge in [-0.15, -0.1) is 0 Å². The fraction of sp³-hybridized carbons (Fsp3) is 0.0625. The molecule has 6 nitrogen and oxygen atoms in total. The Morgan fingerprint density at radius 1 is 1.24 bits per heavy atom. The van der Waals surface area contributed by atoms with Crippen LogP contribution in [-0.2, 0) is 4.79 Å². The molecular weight excluding hydrogens is 341 g/mol. The lowest BCUT2D eigenvalue weighted by molar-refractivity contribution is -0.384. The van der Waals surface area contributed by atoms with Crippen molar-refractivity contribution in [3.63, 3.8) is 0 Å². The average Bonchev–Trinajstić information content (AvgIpc) is 2.55. The minimum atomic E-state index is -3.03.